The number of thiol groups is 2. The Hall–Kier alpha value is -0.130. The van der Waals surface area contributed by atoms with Crippen LogP contribution in [0.2, 0.25) is 0 Å². The average Bonchev–Trinajstić information content (AvgIpc) is 2.15. The number of nitrogens with one attached hydrogen (secondary N) is 1. The van der Waals surface area contributed by atoms with Crippen molar-refractivity contribution in [3.8, 4) is 0 Å². The van der Waals surface area contributed by atoms with Gasteiger partial charge in [0.25, 0.3) is 0 Å². The number of rotatable bonds is 2. The van der Waals surface area contributed by atoms with Crippen LogP contribution in [0.25, 0.3) is 0 Å². The number of carboxylic acids is 1. The van der Waals surface area contributed by atoms with Gasteiger partial charge in [-0.25, -0.2) is 4.79 Å². The van der Waals surface area contributed by atoms with Gasteiger partial charge in [0.1, 0.15) is 0 Å². The number of aliphatic carboxylic acids is 1. The van der Waals surface area contributed by atoms with Gasteiger partial charge >= 0.3 is 5.97 Å². The van der Waals surface area contributed by atoms with Gasteiger partial charge in [0.05, 0.1) is 0 Å². The molecule has 0 spiro atoms. The second-order valence-corrected chi connectivity index (χ2v) is 6.22. The lowest BCUT2D eigenvalue weighted by Crippen LogP contribution is -2.57. The van der Waals surface area contributed by atoms with Crippen LogP contribution in [0, 0.1) is 5.92 Å². The van der Waals surface area contributed by atoms with E-state index in [-0.39, 0.29) is 11.1 Å². The minimum absolute atomic E-state index is 0.0711. The SMILES string of the molecule is CC(=CC1CC(C)(C)NC(C)(C)C1)C(=O)O.SS. The van der Waals surface area contributed by atoms with E-state index >= 15 is 0 Å². The molecule has 2 N–H and O–H groups in total. The molecule has 1 saturated heterocycles. The summed E-state index contributed by atoms with van der Waals surface area (Å²) in [6, 6.07) is 0. The van der Waals surface area contributed by atoms with Gasteiger partial charge in [-0.2, -0.15) is 0 Å². The molecule has 0 unspecified atom stereocenters. The molecule has 0 aromatic rings. The lowest BCUT2D eigenvalue weighted by Gasteiger charge is -2.46. The van der Waals surface area contributed by atoms with Crippen molar-refractivity contribution in [2.75, 3.05) is 0 Å². The molecule has 5 heteroatoms. The largest absolute Gasteiger partial charge is 0.478 e. The quantitative estimate of drug-likeness (QED) is 0.358. The average molecular weight is 291 g/mol. The van der Waals surface area contributed by atoms with E-state index in [4.69, 9.17) is 5.11 Å². The highest BCUT2D eigenvalue weighted by Gasteiger charge is 2.36. The van der Waals surface area contributed by atoms with E-state index in [0.717, 1.165) is 12.8 Å². The maximum absolute atomic E-state index is 10.8. The highest BCUT2D eigenvalue weighted by Crippen LogP contribution is 2.33. The summed E-state index contributed by atoms with van der Waals surface area (Å²) in [6.07, 6.45) is 3.88. The van der Waals surface area contributed by atoms with Gasteiger partial charge in [-0.1, -0.05) is 6.08 Å². The molecule has 0 radical (unpaired) electrons. The molecule has 1 fully saturated rings. The third-order valence-corrected chi connectivity index (χ3v) is 3.04. The maximum atomic E-state index is 10.8. The van der Waals surface area contributed by atoms with Crippen LogP contribution in [0.3, 0.4) is 0 Å². The predicted octanol–water partition coefficient (Wildman–Crippen LogP) is 3.34. The summed E-state index contributed by atoms with van der Waals surface area (Å²) < 4.78 is 0. The predicted molar refractivity (Wildman–Crippen MR) is 83.4 cm³/mol. The molecule has 0 bridgehead atoms. The zero-order valence-electron chi connectivity index (χ0n) is 11.8. The Labute approximate surface area is 121 Å². The van der Waals surface area contributed by atoms with E-state index < -0.39 is 5.97 Å². The van der Waals surface area contributed by atoms with Crippen LogP contribution in [0.5, 0.6) is 0 Å². The molecule has 0 aliphatic carbocycles. The van der Waals surface area contributed by atoms with Crippen LogP contribution in [0.15, 0.2) is 11.6 Å². The molecule has 1 heterocycles. The number of carbonyl (C=O) groups is 1. The van der Waals surface area contributed by atoms with Crippen LogP contribution >= 0.6 is 23.3 Å². The smallest absolute Gasteiger partial charge is 0.330 e. The van der Waals surface area contributed by atoms with Gasteiger partial charge in [0, 0.05) is 16.7 Å². The molecule has 3 nitrogen and oxygen atoms in total. The minimum Gasteiger partial charge on any atom is -0.478 e. The highest BCUT2D eigenvalue weighted by atomic mass is 33.1. The second-order valence-electron chi connectivity index (χ2n) is 6.22. The first-order valence-corrected chi connectivity index (χ1v) is 7.62. The summed E-state index contributed by atoms with van der Waals surface area (Å²) >= 11 is 6.44. The topological polar surface area (TPSA) is 49.3 Å². The van der Waals surface area contributed by atoms with Gasteiger partial charge in [-0.3, -0.25) is 0 Å². The van der Waals surface area contributed by atoms with Crippen molar-refractivity contribution in [3.05, 3.63) is 11.6 Å². The zero-order valence-corrected chi connectivity index (χ0v) is 13.6. The molecular formula is C13H25NO2S2. The summed E-state index contributed by atoms with van der Waals surface area (Å²) in [5.74, 6) is -0.462. The first-order chi connectivity index (χ1) is 8.11. The lowest BCUT2D eigenvalue weighted by atomic mass is 9.75. The van der Waals surface area contributed by atoms with E-state index in [1.54, 1.807) is 6.92 Å². The third kappa shape index (κ3) is 6.16. The van der Waals surface area contributed by atoms with E-state index in [9.17, 15) is 4.79 Å². The Morgan fingerprint density at radius 2 is 1.61 bits per heavy atom. The summed E-state index contributed by atoms with van der Waals surface area (Å²) in [7, 11) is 0. The zero-order chi connectivity index (χ0) is 14.6. The van der Waals surface area contributed by atoms with Crippen LogP contribution in [0.4, 0.5) is 0 Å². The number of hydrogen-bond acceptors (Lipinski definition) is 4. The van der Waals surface area contributed by atoms with Gasteiger partial charge in [0.2, 0.25) is 0 Å². The fourth-order valence-electron chi connectivity index (χ4n) is 2.94. The van der Waals surface area contributed by atoms with E-state index in [2.05, 4.69) is 56.3 Å². The van der Waals surface area contributed by atoms with Crippen LogP contribution in [-0.2, 0) is 4.79 Å². The minimum atomic E-state index is -0.811. The van der Waals surface area contributed by atoms with Crippen LogP contribution < -0.4 is 5.32 Å². The first kappa shape index (κ1) is 17.9. The Bertz CT molecular complexity index is 309. The lowest BCUT2D eigenvalue weighted by molar-refractivity contribution is -0.132. The number of allylic oxidation sites excluding steroid dienone is 1. The molecule has 0 aromatic carbocycles. The Kier molecular flexibility index (Phi) is 6.82. The molecule has 1 aliphatic rings. The molecule has 18 heavy (non-hydrogen) atoms. The van der Waals surface area contributed by atoms with Crippen LogP contribution in [-0.4, -0.2) is 22.2 Å². The molecule has 106 valence electrons. The van der Waals surface area contributed by atoms with E-state index in [0.29, 0.717) is 11.5 Å². The highest BCUT2D eigenvalue weighted by molar-refractivity contribution is 8.59. The molecule has 1 rings (SSSR count). The molecule has 0 saturated carbocycles. The normalized spacial score (nSPS) is 22.9. The van der Waals surface area contributed by atoms with Crippen LogP contribution in [0.1, 0.15) is 47.5 Å². The van der Waals surface area contributed by atoms with Gasteiger partial charge in [-0.15, -0.1) is 23.3 Å². The van der Waals surface area contributed by atoms with E-state index in [1.807, 2.05) is 6.08 Å². The number of piperidine rings is 1. The van der Waals surface area contributed by atoms with Crippen molar-refractivity contribution in [3.63, 3.8) is 0 Å². The molecular weight excluding hydrogens is 266 g/mol. The maximum Gasteiger partial charge on any atom is 0.330 e. The van der Waals surface area contributed by atoms with Gasteiger partial charge in [0.15, 0.2) is 0 Å². The van der Waals surface area contributed by atoms with Crippen molar-refractivity contribution in [2.45, 2.75) is 58.5 Å². The van der Waals surface area contributed by atoms with Crippen molar-refractivity contribution >= 4 is 29.3 Å². The number of carboxylic acid groups (broad SMARTS) is 1. The van der Waals surface area contributed by atoms with Gasteiger partial charge < -0.3 is 10.4 Å². The molecule has 1 aliphatic heterocycles. The van der Waals surface area contributed by atoms with E-state index in [1.165, 1.54) is 0 Å². The summed E-state index contributed by atoms with van der Waals surface area (Å²) in [5, 5.41) is 12.5. The Morgan fingerprint density at radius 1 is 1.22 bits per heavy atom. The monoisotopic (exact) mass is 291 g/mol. The van der Waals surface area contributed by atoms with Crippen molar-refractivity contribution in [2.24, 2.45) is 5.92 Å². The fraction of sp³-hybridized carbons (Fsp3) is 0.769. The molecule has 0 aromatic heterocycles. The third-order valence-electron chi connectivity index (χ3n) is 3.04. The second kappa shape index (κ2) is 6.87. The first-order valence-electron chi connectivity index (χ1n) is 6.02. The number of hydrogen-bond donors (Lipinski definition) is 4. The van der Waals surface area contributed by atoms with Crippen molar-refractivity contribution < 1.29 is 9.90 Å². The summed E-state index contributed by atoms with van der Waals surface area (Å²) in [5.41, 5.74) is 0.599. The molecule has 0 atom stereocenters. The molecule has 0 amide bonds. The fourth-order valence-corrected chi connectivity index (χ4v) is 2.94. The Morgan fingerprint density at radius 3 is 1.94 bits per heavy atom. The van der Waals surface area contributed by atoms with Crippen molar-refractivity contribution in [1.29, 1.82) is 0 Å². The summed E-state index contributed by atoms with van der Waals surface area (Å²) in [4.78, 5) is 10.8. The standard InChI is InChI=1S/C13H23NO2.H2S2/c1-9(11(15)16)6-10-7-12(2,3)14-13(4,5)8-10;1-2/h6,10,14H,7-8H2,1-5H3,(H,15,16);1-2H. The van der Waals surface area contributed by atoms with Crippen molar-refractivity contribution in [1.82, 2.24) is 5.32 Å². The Balaban J connectivity index is 0.00000137. The summed E-state index contributed by atoms with van der Waals surface area (Å²) in [6.45, 7) is 10.4. The van der Waals surface area contributed by atoms with Gasteiger partial charge in [-0.05, 0) is 53.4 Å².